The Morgan fingerprint density at radius 2 is 1.38 bits per heavy atom. The molecule has 0 bridgehead atoms. The Morgan fingerprint density at radius 1 is 0.810 bits per heavy atom. The van der Waals surface area contributed by atoms with Gasteiger partial charge in [0, 0.05) is 15.8 Å². The number of halogens is 4. The molecule has 0 saturated heterocycles. The second-order valence-electron chi connectivity index (χ2n) is 9.06. The van der Waals surface area contributed by atoms with Gasteiger partial charge in [-0.15, -0.1) is 0 Å². The first-order chi connectivity index (χ1) is 19.6. The zero-order valence-corrected chi connectivity index (χ0v) is 25.0. The Balaban J connectivity index is 1.57. The van der Waals surface area contributed by atoms with Gasteiger partial charge in [0.25, 0.3) is 20.0 Å². The smallest absolute Gasteiger partial charge is 0.325 e. The summed E-state index contributed by atoms with van der Waals surface area (Å²) in [6, 6.07) is 20.8. The van der Waals surface area contributed by atoms with E-state index in [1.54, 1.807) is 31.2 Å². The minimum atomic E-state index is -4.74. The van der Waals surface area contributed by atoms with Crippen LogP contribution in [0.1, 0.15) is 11.1 Å². The molecule has 1 amide bonds. The highest BCUT2D eigenvalue weighted by Crippen LogP contribution is 2.33. The largest absolute Gasteiger partial charge is 0.416 e. The molecule has 4 rings (SSSR count). The van der Waals surface area contributed by atoms with Crippen LogP contribution in [0.15, 0.2) is 111 Å². The number of amides is 1. The SMILES string of the molecule is Cc1ccc(S(=O)(=O)N(CC(=O)Nc2ccc(S(=O)(=O)Nc3ccc(Br)cc3)cc2)c2cccc(C(F)(F)F)c2)cc1. The molecule has 220 valence electrons. The molecule has 0 aliphatic rings. The van der Waals surface area contributed by atoms with Crippen LogP contribution < -0.4 is 14.3 Å². The standard InChI is InChI=1S/C28H23BrF3N3O5S2/c1-19-5-13-26(14-6-19)42(39,40)35(24-4-2-3-20(17-24)28(30,31)32)18-27(36)33-22-11-15-25(16-12-22)41(37,38)34-23-9-7-21(29)8-10-23/h2-17,34H,18H2,1H3,(H,33,36). The number of rotatable bonds is 9. The highest BCUT2D eigenvalue weighted by atomic mass is 79.9. The van der Waals surface area contributed by atoms with Crippen LogP contribution in [0.3, 0.4) is 0 Å². The quantitative estimate of drug-likeness (QED) is 0.212. The number of hydrogen-bond donors (Lipinski definition) is 2. The summed E-state index contributed by atoms with van der Waals surface area (Å²) in [5.74, 6) is -0.869. The number of sulfonamides is 2. The maximum Gasteiger partial charge on any atom is 0.416 e. The summed E-state index contributed by atoms with van der Waals surface area (Å²) in [5, 5.41) is 2.47. The van der Waals surface area contributed by atoms with Gasteiger partial charge < -0.3 is 5.32 Å². The van der Waals surface area contributed by atoms with E-state index in [4.69, 9.17) is 0 Å². The van der Waals surface area contributed by atoms with Gasteiger partial charge in [0.2, 0.25) is 5.91 Å². The molecule has 42 heavy (non-hydrogen) atoms. The highest BCUT2D eigenvalue weighted by molar-refractivity contribution is 9.10. The Labute approximate surface area is 249 Å². The Bertz CT molecular complexity index is 1800. The molecule has 0 aliphatic carbocycles. The molecular weight excluding hydrogens is 659 g/mol. The third-order valence-corrected chi connectivity index (χ3v) is 9.62. The maximum atomic E-state index is 13.5. The van der Waals surface area contributed by atoms with E-state index < -0.39 is 44.2 Å². The number of alkyl halides is 3. The number of carbonyl (C=O) groups excluding carboxylic acids is 1. The molecule has 0 aliphatic heterocycles. The van der Waals surface area contributed by atoms with E-state index in [9.17, 15) is 34.8 Å². The second kappa shape index (κ2) is 12.2. The average molecular weight is 683 g/mol. The molecule has 0 saturated carbocycles. The Kier molecular flexibility index (Phi) is 8.99. The summed E-state index contributed by atoms with van der Waals surface area (Å²) in [5.41, 5.74) is -0.215. The molecule has 0 heterocycles. The number of benzene rings is 4. The number of nitrogens with one attached hydrogen (secondary N) is 2. The minimum Gasteiger partial charge on any atom is -0.325 e. The lowest BCUT2D eigenvalue weighted by molar-refractivity contribution is -0.137. The molecule has 4 aromatic rings. The third kappa shape index (κ3) is 7.49. The molecule has 0 spiro atoms. The van der Waals surface area contributed by atoms with Crippen molar-refractivity contribution in [2.45, 2.75) is 22.9 Å². The zero-order chi connectivity index (χ0) is 30.7. The fraction of sp³-hybridized carbons (Fsp3) is 0.107. The molecule has 2 N–H and O–H groups in total. The third-order valence-electron chi connectivity index (χ3n) is 5.90. The van der Waals surface area contributed by atoms with E-state index in [-0.39, 0.29) is 21.2 Å². The summed E-state index contributed by atoms with van der Waals surface area (Å²) in [6.07, 6.45) is -4.74. The van der Waals surface area contributed by atoms with Crippen molar-refractivity contribution < 1.29 is 34.8 Å². The van der Waals surface area contributed by atoms with Crippen molar-refractivity contribution >= 4 is 58.9 Å². The lowest BCUT2D eigenvalue weighted by Crippen LogP contribution is -2.38. The summed E-state index contributed by atoms with van der Waals surface area (Å²) in [7, 11) is -8.42. The van der Waals surface area contributed by atoms with Crippen molar-refractivity contribution in [3.8, 4) is 0 Å². The maximum absolute atomic E-state index is 13.5. The molecule has 0 atom stereocenters. The predicted molar refractivity (Wildman–Crippen MR) is 157 cm³/mol. The van der Waals surface area contributed by atoms with Crippen LogP contribution in [0.25, 0.3) is 0 Å². The van der Waals surface area contributed by atoms with Gasteiger partial charge in [-0.3, -0.25) is 13.8 Å². The Hall–Kier alpha value is -3.88. The van der Waals surface area contributed by atoms with Crippen LogP contribution in [0.2, 0.25) is 0 Å². The predicted octanol–water partition coefficient (Wildman–Crippen LogP) is 6.41. The van der Waals surface area contributed by atoms with Crippen LogP contribution in [0.5, 0.6) is 0 Å². The van der Waals surface area contributed by atoms with Gasteiger partial charge >= 0.3 is 6.18 Å². The van der Waals surface area contributed by atoms with Gasteiger partial charge in [-0.25, -0.2) is 16.8 Å². The number of anilines is 3. The van der Waals surface area contributed by atoms with E-state index >= 15 is 0 Å². The highest BCUT2D eigenvalue weighted by Gasteiger charge is 2.33. The summed E-state index contributed by atoms with van der Waals surface area (Å²) < 4.78 is 96.4. The van der Waals surface area contributed by atoms with Crippen LogP contribution >= 0.6 is 15.9 Å². The van der Waals surface area contributed by atoms with Crippen LogP contribution in [-0.4, -0.2) is 29.3 Å². The molecule has 8 nitrogen and oxygen atoms in total. The van der Waals surface area contributed by atoms with Crippen LogP contribution in [-0.2, 0) is 31.0 Å². The number of aryl methyl sites for hydroxylation is 1. The van der Waals surface area contributed by atoms with E-state index in [0.717, 1.165) is 28.2 Å². The number of hydrogen-bond acceptors (Lipinski definition) is 5. The van der Waals surface area contributed by atoms with Crippen LogP contribution in [0.4, 0.5) is 30.2 Å². The van der Waals surface area contributed by atoms with Crippen molar-refractivity contribution in [2.24, 2.45) is 0 Å². The average Bonchev–Trinajstić information content (AvgIpc) is 2.93. The van der Waals surface area contributed by atoms with Gasteiger partial charge in [0.1, 0.15) is 6.54 Å². The van der Waals surface area contributed by atoms with E-state index in [1.807, 2.05) is 0 Å². The monoisotopic (exact) mass is 681 g/mol. The summed E-state index contributed by atoms with van der Waals surface area (Å²) in [6.45, 7) is 0.879. The lowest BCUT2D eigenvalue weighted by atomic mass is 10.2. The van der Waals surface area contributed by atoms with Gasteiger partial charge in [-0.05, 0) is 85.8 Å². The van der Waals surface area contributed by atoms with Crippen LogP contribution in [0, 0.1) is 6.92 Å². The molecular formula is C28H23BrF3N3O5S2. The fourth-order valence-corrected chi connectivity index (χ4v) is 6.51. The molecule has 14 heteroatoms. The number of carbonyl (C=O) groups is 1. The molecule has 0 unspecified atom stereocenters. The number of nitrogens with zero attached hydrogens (tertiary/aromatic N) is 1. The van der Waals surface area contributed by atoms with E-state index in [2.05, 4.69) is 26.0 Å². The topological polar surface area (TPSA) is 113 Å². The second-order valence-corrected chi connectivity index (χ2v) is 13.5. The molecule has 0 aromatic heterocycles. The van der Waals surface area contributed by atoms with Crippen molar-refractivity contribution in [3.05, 3.63) is 113 Å². The minimum absolute atomic E-state index is 0.101. The van der Waals surface area contributed by atoms with E-state index in [0.29, 0.717) is 16.1 Å². The normalized spacial score (nSPS) is 12.0. The summed E-state index contributed by atoms with van der Waals surface area (Å²) >= 11 is 3.27. The van der Waals surface area contributed by atoms with Gasteiger partial charge in [-0.1, -0.05) is 39.7 Å². The molecule has 0 radical (unpaired) electrons. The van der Waals surface area contributed by atoms with Crippen molar-refractivity contribution in [2.75, 3.05) is 20.9 Å². The van der Waals surface area contributed by atoms with Crippen molar-refractivity contribution in [3.63, 3.8) is 0 Å². The van der Waals surface area contributed by atoms with Gasteiger partial charge in [0.15, 0.2) is 0 Å². The molecule has 0 fully saturated rings. The first-order valence-corrected chi connectivity index (χ1v) is 15.8. The van der Waals surface area contributed by atoms with Gasteiger partial charge in [0.05, 0.1) is 21.0 Å². The molecule has 4 aromatic carbocycles. The first kappa shape index (κ1) is 31.1. The van der Waals surface area contributed by atoms with Gasteiger partial charge in [-0.2, -0.15) is 13.2 Å². The zero-order valence-electron chi connectivity index (χ0n) is 21.8. The Morgan fingerprint density at radius 3 is 1.98 bits per heavy atom. The first-order valence-electron chi connectivity index (χ1n) is 12.1. The fourth-order valence-electron chi connectivity index (χ4n) is 3.77. The van der Waals surface area contributed by atoms with Crippen molar-refractivity contribution in [1.29, 1.82) is 0 Å². The summed E-state index contributed by atoms with van der Waals surface area (Å²) in [4.78, 5) is 12.7. The lowest BCUT2D eigenvalue weighted by Gasteiger charge is -2.25. The van der Waals surface area contributed by atoms with Crippen molar-refractivity contribution in [1.82, 2.24) is 0 Å². The van der Waals surface area contributed by atoms with E-state index in [1.165, 1.54) is 48.5 Å².